The topological polar surface area (TPSA) is 46.9 Å². The van der Waals surface area contributed by atoms with Gasteiger partial charge in [0.2, 0.25) is 0 Å². The van der Waals surface area contributed by atoms with Gasteiger partial charge in [-0.2, -0.15) is 5.10 Å². The van der Waals surface area contributed by atoms with Gasteiger partial charge < -0.3 is 5.32 Å². The minimum atomic E-state index is -0.0713. The molecule has 0 spiro atoms. The third kappa shape index (κ3) is 2.80. The monoisotopic (exact) mass is 311 g/mol. The molecule has 5 heteroatoms. The van der Waals surface area contributed by atoms with Crippen LogP contribution in [0.25, 0.3) is 5.69 Å². The number of anilines is 1. The first-order valence-electron chi connectivity index (χ1n) is 7.04. The molecule has 22 heavy (non-hydrogen) atoms. The van der Waals surface area contributed by atoms with Crippen molar-refractivity contribution in [1.82, 2.24) is 9.78 Å². The molecule has 2 aromatic heterocycles. The van der Waals surface area contributed by atoms with Crippen molar-refractivity contribution in [3.05, 3.63) is 63.6 Å². The minimum absolute atomic E-state index is 0.0713. The maximum atomic E-state index is 12.3. The van der Waals surface area contributed by atoms with Gasteiger partial charge in [0.15, 0.2) is 0 Å². The summed E-state index contributed by atoms with van der Waals surface area (Å²) < 4.78 is 1.88. The number of hydrogen-bond donors (Lipinski definition) is 1. The van der Waals surface area contributed by atoms with E-state index >= 15 is 0 Å². The van der Waals surface area contributed by atoms with Crippen molar-refractivity contribution in [3.63, 3.8) is 0 Å². The molecule has 1 N–H and O–H groups in total. The second-order valence-corrected chi connectivity index (χ2v) is 6.19. The predicted molar refractivity (Wildman–Crippen MR) is 90.0 cm³/mol. The first-order valence-corrected chi connectivity index (χ1v) is 7.92. The molecular formula is C17H17N3OS. The van der Waals surface area contributed by atoms with Crippen molar-refractivity contribution in [2.75, 3.05) is 5.32 Å². The van der Waals surface area contributed by atoms with Gasteiger partial charge in [-0.3, -0.25) is 4.79 Å². The molecule has 0 atom stereocenters. The lowest BCUT2D eigenvalue weighted by Crippen LogP contribution is -2.11. The van der Waals surface area contributed by atoms with Crippen LogP contribution < -0.4 is 5.32 Å². The fourth-order valence-electron chi connectivity index (χ4n) is 2.40. The number of benzene rings is 1. The number of amides is 1. The van der Waals surface area contributed by atoms with Gasteiger partial charge in [0.25, 0.3) is 5.91 Å². The quantitative estimate of drug-likeness (QED) is 0.791. The van der Waals surface area contributed by atoms with Crippen LogP contribution in [0.15, 0.2) is 41.8 Å². The zero-order valence-electron chi connectivity index (χ0n) is 12.8. The van der Waals surface area contributed by atoms with Gasteiger partial charge >= 0.3 is 0 Å². The molecule has 0 saturated carbocycles. The van der Waals surface area contributed by atoms with Crippen LogP contribution in [0.1, 0.15) is 26.6 Å². The van der Waals surface area contributed by atoms with Crippen LogP contribution in [0.4, 0.5) is 5.69 Å². The van der Waals surface area contributed by atoms with E-state index in [0.717, 1.165) is 33.2 Å². The van der Waals surface area contributed by atoms with Crippen LogP contribution in [0.5, 0.6) is 0 Å². The smallest absolute Gasteiger partial charge is 0.265 e. The maximum Gasteiger partial charge on any atom is 0.265 e. The molecule has 0 aliphatic heterocycles. The van der Waals surface area contributed by atoms with Crippen LogP contribution >= 0.6 is 11.3 Å². The molecule has 2 heterocycles. The van der Waals surface area contributed by atoms with Gasteiger partial charge in [0, 0.05) is 11.4 Å². The van der Waals surface area contributed by atoms with Crippen molar-refractivity contribution >= 4 is 22.9 Å². The van der Waals surface area contributed by atoms with Crippen LogP contribution in [-0.2, 0) is 0 Å². The second-order valence-electron chi connectivity index (χ2n) is 5.28. The lowest BCUT2D eigenvalue weighted by atomic mass is 10.2. The molecule has 1 amide bonds. The molecular weight excluding hydrogens is 294 g/mol. The maximum absolute atomic E-state index is 12.3. The molecule has 3 aromatic rings. The summed E-state index contributed by atoms with van der Waals surface area (Å²) in [6, 6.07) is 11.7. The summed E-state index contributed by atoms with van der Waals surface area (Å²) in [7, 11) is 0. The summed E-state index contributed by atoms with van der Waals surface area (Å²) in [6.07, 6.45) is 0. The van der Waals surface area contributed by atoms with E-state index in [9.17, 15) is 4.79 Å². The summed E-state index contributed by atoms with van der Waals surface area (Å²) in [5.74, 6) is -0.0713. The van der Waals surface area contributed by atoms with Crippen molar-refractivity contribution in [3.8, 4) is 5.69 Å². The Balaban J connectivity index is 1.87. The van der Waals surface area contributed by atoms with Crippen LogP contribution in [0, 0.1) is 20.8 Å². The fraction of sp³-hybridized carbons (Fsp3) is 0.176. The summed E-state index contributed by atoms with van der Waals surface area (Å²) in [5.41, 5.74) is 4.74. The number of rotatable bonds is 3. The van der Waals surface area contributed by atoms with Gasteiger partial charge in [-0.25, -0.2) is 4.68 Å². The number of hydrogen-bond acceptors (Lipinski definition) is 3. The van der Waals surface area contributed by atoms with Gasteiger partial charge in [0.05, 0.1) is 16.3 Å². The molecule has 0 bridgehead atoms. The van der Waals surface area contributed by atoms with E-state index in [4.69, 9.17) is 0 Å². The lowest BCUT2D eigenvalue weighted by Gasteiger charge is -2.08. The zero-order valence-corrected chi connectivity index (χ0v) is 13.6. The Morgan fingerprint density at radius 3 is 2.64 bits per heavy atom. The molecule has 0 fully saturated rings. The second kappa shape index (κ2) is 5.77. The highest BCUT2D eigenvalue weighted by Crippen LogP contribution is 2.20. The number of carbonyl (C=O) groups excluding carboxylic acids is 1. The normalized spacial score (nSPS) is 10.7. The highest BCUT2D eigenvalue weighted by molar-refractivity contribution is 7.12. The number of thiophene rings is 1. The number of aryl methyl sites for hydroxylation is 3. The number of nitrogens with one attached hydrogen (secondary N) is 1. The third-order valence-corrected chi connectivity index (χ3v) is 4.44. The lowest BCUT2D eigenvalue weighted by molar-refractivity contribution is 0.103. The zero-order chi connectivity index (χ0) is 15.7. The van der Waals surface area contributed by atoms with E-state index in [1.165, 1.54) is 11.3 Å². The van der Waals surface area contributed by atoms with Crippen LogP contribution in [0.3, 0.4) is 0 Å². The molecule has 0 radical (unpaired) electrons. The van der Waals surface area contributed by atoms with Gasteiger partial charge in [0.1, 0.15) is 0 Å². The summed E-state index contributed by atoms with van der Waals surface area (Å²) >= 11 is 1.45. The van der Waals surface area contributed by atoms with Crippen molar-refractivity contribution < 1.29 is 4.79 Å². The van der Waals surface area contributed by atoms with Gasteiger partial charge in [-0.05, 0) is 62.0 Å². The van der Waals surface area contributed by atoms with Crippen molar-refractivity contribution in [2.45, 2.75) is 20.8 Å². The predicted octanol–water partition coefficient (Wildman–Crippen LogP) is 4.11. The van der Waals surface area contributed by atoms with E-state index in [-0.39, 0.29) is 5.91 Å². The summed E-state index contributed by atoms with van der Waals surface area (Å²) in [4.78, 5) is 13.0. The molecule has 0 unspecified atom stereocenters. The molecule has 3 rings (SSSR count). The minimum Gasteiger partial charge on any atom is -0.321 e. The van der Waals surface area contributed by atoms with Gasteiger partial charge in [-0.15, -0.1) is 11.3 Å². The van der Waals surface area contributed by atoms with E-state index in [1.54, 1.807) is 0 Å². The Morgan fingerprint density at radius 1 is 1.18 bits per heavy atom. The van der Waals surface area contributed by atoms with E-state index in [2.05, 4.69) is 10.4 Å². The summed E-state index contributed by atoms with van der Waals surface area (Å²) in [6.45, 7) is 5.92. The standard InChI is InChI=1S/C17H17N3OS/c1-11-7-8-22-16(11)17(21)18-14-5-4-6-15(10-14)20-13(3)9-12(2)19-20/h4-10H,1-3H3,(H,18,21). The Labute approximate surface area is 133 Å². The molecule has 0 aliphatic rings. The van der Waals surface area contributed by atoms with Crippen molar-refractivity contribution in [1.29, 1.82) is 0 Å². The SMILES string of the molecule is Cc1cc(C)n(-c2cccc(NC(=O)c3sccc3C)c2)n1. The average molecular weight is 311 g/mol. The van der Waals surface area contributed by atoms with Crippen LogP contribution in [0.2, 0.25) is 0 Å². The first-order chi connectivity index (χ1) is 10.5. The molecule has 4 nitrogen and oxygen atoms in total. The Kier molecular flexibility index (Phi) is 3.81. The average Bonchev–Trinajstić information content (AvgIpc) is 3.04. The third-order valence-electron chi connectivity index (χ3n) is 3.43. The van der Waals surface area contributed by atoms with Crippen molar-refractivity contribution in [2.24, 2.45) is 0 Å². The Morgan fingerprint density at radius 2 is 2.00 bits per heavy atom. The first kappa shape index (κ1) is 14.5. The highest BCUT2D eigenvalue weighted by atomic mass is 32.1. The fourth-order valence-corrected chi connectivity index (χ4v) is 3.22. The number of nitrogens with zero attached hydrogens (tertiary/aromatic N) is 2. The van der Waals surface area contributed by atoms with E-state index < -0.39 is 0 Å². The highest BCUT2D eigenvalue weighted by Gasteiger charge is 2.11. The van der Waals surface area contributed by atoms with Gasteiger partial charge in [-0.1, -0.05) is 6.07 Å². The molecule has 0 aliphatic carbocycles. The molecule has 0 saturated heterocycles. The number of aromatic nitrogens is 2. The van der Waals surface area contributed by atoms with E-state index in [1.807, 2.05) is 67.2 Å². The van der Waals surface area contributed by atoms with E-state index in [0.29, 0.717) is 0 Å². The Hall–Kier alpha value is -2.40. The largest absolute Gasteiger partial charge is 0.321 e. The molecule has 1 aromatic carbocycles. The summed E-state index contributed by atoms with van der Waals surface area (Å²) in [5, 5.41) is 9.35. The molecule has 112 valence electrons. The van der Waals surface area contributed by atoms with Crippen LogP contribution in [-0.4, -0.2) is 15.7 Å². The Bertz CT molecular complexity index is 832. The number of carbonyl (C=O) groups is 1.